The van der Waals surface area contributed by atoms with E-state index in [-0.39, 0.29) is 0 Å². The summed E-state index contributed by atoms with van der Waals surface area (Å²) in [7, 11) is 3.20. The number of pyridine rings is 2. The molecule has 3 aromatic heterocycles. The van der Waals surface area contributed by atoms with Gasteiger partial charge in [0, 0.05) is 35.7 Å². The molecule has 0 aliphatic rings. The molecule has 0 saturated carbocycles. The quantitative estimate of drug-likeness (QED) is 0.541. The van der Waals surface area contributed by atoms with Crippen LogP contribution in [0.25, 0.3) is 28.3 Å². The highest BCUT2D eigenvalue weighted by atomic mass is 16.5. The highest BCUT2D eigenvalue weighted by molar-refractivity contribution is 5.71. The van der Waals surface area contributed by atoms with Gasteiger partial charge in [-0.05, 0) is 35.5 Å². The second-order valence-corrected chi connectivity index (χ2v) is 5.59. The Morgan fingerprint density at radius 2 is 1.85 bits per heavy atom. The molecule has 0 aliphatic heterocycles. The standard InChI is InChI=1S/C19H16N6O2/c1-26-17-11-14(7-8-15(17)13-6-9-18(27-2)21-12-13)25-23-19(22-24-25)16-5-3-4-10-20-16/h3-12H,1-2H3. The molecular weight excluding hydrogens is 344 g/mol. The van der Waals surface area contributed by atoms with Crippen LogP contribution in [0.1, 0.15) is 0 Å². The van der Waals surface area contributed by atoms with E-state index in [2.05, 4.69) is 25.4 Å². The molecule has 0 atom stereocenters. The fraction of sp³-hybridized carbons (Fsp3) is 0.105. The zero-order valence-electron chi connectivity index (χ0n) is 14.8. The SMILES string of the molecule is COc1ccc(-c2ccc(-n3nnc(-c4ccccn4)n3)cc2OC)cn1. The number of ether oxygens (including phenoxy) is 2. The van der Waals surface area contributed by atoms with Gasteiger partial charge in [-0.25, -0.2) is 4.98 Å². The molecule has 8 nitrogen and oxygen atoms in total. The van der Waals surface area contributed by atoms with Gasteiger partial charge in [-0.15, -0.1) is 15.0 Å². The predicted octanol–water partition coefficient (Wildman–Crippen LogP) is 2.80. The molecule has 0 N–H and O–H groups in total. The van der Waals surface area contributed by atoms with Crippen molar-refractivity contribution in [3.8, 4) is 40.0 Å². The van der Waals surface area contributed by atoms with E-state index >= 15 is 0 Å². The first-order chi connectivity index (χ1) is 13.3. The van der Waals surface area contributed by atoms with Crippen molar-refractivity contribution in [1.82, 2.24) is 30.2 Å². The summed E-state index contributed by atoms with van der Waals surface area (Å²) in [6.07, 6.45) is 3.43. The average molecular weight is 360 g/mol. The maximum atomic E-state index is 5.55. The molecule has 0 amide bonds. The average Bonchev–Trinajstić information content (AvgIpc) is 3.24. The topological polar surface area (TPSA) is 87.8 Å². The monoisotopic (exact) mass is 360 g/mol. The van der Waals surface area contributed by atoms with Crippen LogP contribution in [-0.4, -0.2) is 44.4 Å². The van der Waals surface area contributed by atoms with Crippen molar-refractivity contribution in [3.63, 3.8) is 0 Å². The third-order valence-electron chi connectivity index (χ3n) is 3.98. The van der Waals surface area contributed by atoms with E-state index in [9.17, 15) is 0 Å². The van der Waals surface area contributed by atoms with Crippen molar-refractivity contribution < 1.29 is 9.47 Å². The summed E-state index contributed by atoms with van der Waals surface area (Å²) in [4.78, 5) is 9.93. The zero-order valence-corrected chi connectivity index (χ0v) is 14.8. The fourth-order valence-corrected chi connectivity index (χ4v) is 2.62. The minimum Gasteiger partial charge on any atom is -0.496 e. The Balaban J connectivity index is 1.68. The van der Waals surface area contributed by atoms with E-state index < -0.39 is 0 Å². The van der Waals surface area contributed by atoms with Gasteiger partial charge >= 0.3 is 0 Å². The fourth-order valence-electron chi connectivity index (χ4n) is 2.62. The number of benzene rings is 1. The van der Waals surface area contributed by atoms with E-state index in [1.54, 1.807) is 32.7 Å². The Bertz CT molecular complexity index is 1050. The molecule has 0 radical (unpaired) electrons. The first kappa shape index (κ1) is 16.6. The maximum absolute atomic E-state index is 5.55. The number of hydrogen-bond acceptors (Lipinski definition) is 7. The Labute approximate surface area is 155 Å². The van der Waals surface area contributed by atoms with E-state index in [0.717, 1.165) is 16.8 Å². The highest BCUT2D eigenvalue weighted by Gasteiger charge is 2.12. The van der Waals surface area contributed by atoms with Crippen LogP contribution in [0.4, 0.5) is 0 Å². The first-order valence-electron chi connectivity index (χ1n) is 8.19. The summed E-state index contributed by atoms with van der Waals surface area (Å²) in [6.45, 7) is 0. The largest absolute Gasteiger partial charge is 0.496 e. The molecule has 134 valence electrons. The number of aromatic nitrogens is 6. The Kier molecular flexibility index (Phi) is 4.44. The van der Waals surface area contributed by atoms with Crippen LogP contribution in [0, 0.1) is 0 Å². The number of hydrogen-bond donors (Lipinski definition) is 0. The van der Waals surface area contributed by atoms with Crippen LogP contribution in [0.15, 0.2) is 60.9 Å². The summed E-state index contributed by atoms with van der Waals surface area (Å²) in [5.41, 5.74) is 3.21. The molecule has 27 heavy (non-hydrogen) atoms. The van der Waals surface area contributed by atoms with Gasteiger partial charge in [0.15, 0.2) is 0 Å². The molecule has 4 aromatic rings. The summed E-state index contributed by atoms with van der Waals surface area (Å²) in [5, 5.41) is 12.6. The second-order valence-electron chi connectivity index (χ2n) is 5.59. The second kappa shape index (κ2) is 7.20. The lowest BCUT2D eigenvalue weighted by Gasteiger charge is -2.10. The Morgan fingerprint density at radius 3 is 2.56 bits per heavy atom. The van der Waals surface area contributed by atoms with Gasteiger partial charge in [-0.2, -0.15) is 0 Å². The molecule has 1 aromatic carbocycles. The van der Waals surface area contributed by atoms with Crippen LogP contribution >= 0.6 is 0 Å². The van der Waals surface area contributed by atoms with Crippen LogP contribution in [-0.2, 0) is 0 Å². The molecule has 3 heterocycles. The van der Waals surface area contributed by atoms with Gasteiger partial charge in [0.05, 0.1) is 19.9 Å². The molecule has 8 heteroatoms. The van der Waals surface area contributed by atoms with Crippen molar-refractivity contribution in [3.05, 3.63) is 60.9 Å². The van der Waals surface area contributed by atoms with Crippen LogP contribution < -0.4 is 9.47 Å². The summed E-state index contributed by atoms with van der Waals surface area (Å²) >= 11 is 0. The number of nitrogens with zero attached hydrogens (tertiary/aromatic N) is 6. The number of methoxy groups -OCH3 is 2. The molecule has 0 bridgehead atoms. The predicted molar refractivity (Wildman–Crippen MR) is 98.7 cm³/mol. The van der Waals surface area contributed by atoms with Crippen LogP contribution in [0.2, 0.25) is 0 Å². The molecule has 0 saturated heterocycles. The van der Waals surface area contributed by atoms with E-state index in [1.807, 2.05) is 42.5 Å². The molecule has 0 unspecified atom stereocenters. The normalized spacial score (nSPS) is 10.6. The van der Waals surface area contributed by atoms with Crippen LogP contribution in [0.5, 0.6) is 11.6 Å². The lowest BCUT2D eigenvalue weighted by Crippen LogP contribution is -2.00. The minimum atomic E-state index is 0.456. The molecule has 0 aliphatic carbocycles. The smallest absolute Gasteiger partial charge is 0.223 e. The molecule has 0 fully saturated rings. The summed E-state index contributed by atoms with van der Waals surface area (Å²) in [5.74, 6) is 1.69. The molecule has 0 spiro atoms. The lowest BCUT2D eigenvalue weighted by molar-refractivity contribution is 0.398. The molecular formula is C19H16N6O2. The van der Waals surface area contributed by atoms with Gasteiger partial charge in [0.1, 0.15) is 11.4 Å². The summed E-state index contributed by atoms with van der Waals surface area (Å²) in [6, 6.07) is 15.0. The Morgan fingerprint density at radius 1 is 0.926 bits per heavy atom. The minimum absolute atomic E-state index is 0.456. The zero-order chi connectivity index (χ0) is 18.6. The van der Waals surface area contributed by atoms with Crippen molar-refractivity contribution >= 4 is 0 Å². The van der Waals surface area contributed by atoms with Crippen molar-refractivity contribution in [2.75, 3.05) is 14.2 Å². The highest BCUT2D eigenvalue weighted by Crippen LogP contribution is 2.32. The van der Waals surface area contributed by atoms with Gasteiger partial charge < -0.3 is 9.47 Å². The van der Waals surface area contributed by atoms with Gasteiger partial charge in [-0.3, -0.25) is 4.98 Å². The summed E-state index contributed by atoms with van der Waals surface area (Å²) < 4.78 is 10.7. The molecule has 4 rings (SSSR count). The van der Waals surface area contributed by atoms with Gasteiger partial charge in [-0.1, -0.05) is 6.07 Å². The number of rotatable bonds is 5. The van der Waals surface area contributed by atoms with Crippen molar-refractivity contribution in [2.45, 2.75) is 0 Å². The van der Waals surface area contributed by atoms with Crippen molar-refractivity contribution in [1.29, 1.82) is 0 Å². The van der Waals surface area contributed by atoms with E-state index in [1.165, 1.54) is 4.80 Å². The third kappa shape index (κ3) is 3.32. The third-order valence-corrected chi connectivity index (χ3v) is 3.98. The number of tetrazole rings is 1. The Hall–Kier alpha value is -3.81. The first-order valence-corrected chi connectivity index (χ1v) is 8.19. The maximum Gasteiger partial charge on any atom is 0.223 e. The van der Waals surface area contributed by atoms with Crippen molar-refractivity contribution in [2.24, 2.45) is 0 Å². The van der Waals surface area contributed by atoms with E-state index in [0.29, 0.717) is 23.1 Å². The lowest BCUT2D eigenvalue weighted by atomic mass is 10.1. The van der Waals surface area contributed by atoms with Gasteiger partial charge in [0.25, 0.3) is 0 Å². The van der Waals surface area contributed by atoms with Gasteiger partial charge in [0.2, 0.25) is 11.7 Å². The van der Waals surface area contributed by atoms with E-state index in [4.69, 9.17) is 9.47 Å². The van der Waals surface area contributed by atoms with Crippen LogP contribution in [0.3, 0.4) is 0 Å².